The van der Waals surface area contributed by atoms with Gasteiger partial charge in [0.1, 0.15) is 0 Å². The molecular formula is C16H22N2O6S. The molecule has 0 aromatic heterocycles. The topological polar surface area (TPSA) is 124 Å². The van der Waals surface area contributed by atoms with Gasteiger partial charge in [-0.2, -0.15) is 4.31 Å². The number of aliphatic carboxylic acids is 2. The highest BCUT2D eigenvalue weighted by molar-refractivity contribution is 7.89. The minimum Gasteiger partial charge on any atom is -0.473 e. The third-order valence-electron chi connectivity index (χ3n) is 4.35. The molecule has 25 heavy (non-hydrogen) atoms. The number of carboxylic acid groups (broad SMARTS) is 2. The van der Waals surface area contributed by atoms with Gasteiger partial charge in [-0.1, -0.05) is 17.7 Å². The number of rotatable bonds is 2. The van der Waals surface area contributed by atoms with E-state index in [2.05, 4.69) is 5.32 Å². The van der Waals surface area contributed by atoms with E-state index in [0.717, 1.165) is 31.5 Å². The lowest BCUT2D eigenvalue weighted by Crippen LogP contribution is -2.36. The van der Waals surface area contributed by atoms with E-state index in [-0.39, 0.29) is 5.41 Å². The van der Waals surface area contributed by atoms with Crippen molar-refractivity contribution in [2.75, 3.05) is 26.2 Å². The Morgan fingerprint density at radius 1 is 1.12 bits per heavy atom. The van der Waals surface area contributed by atoms with E-state index in [1.807, 2.05) is 19.1 Å². The number of carbonyl (C=O) groups is 2. The fourth-order valence-electron chi connectivity index (χ4n) is 2.64. The second-order valence-corrected chi connectivity index (χ2v) is 8.38. The van der Waals surface area contributed by atoms with Crippen LogP contribution in [0.25, 0.3) is 0 Å². The lowest BCUT2D eigenvalue weighted by molar-refractivity contribution is -0.159. The predicted molar refractivity (Wildman–Crippen MR) is 89.7 cm³/mol. The van der Waals surface area contributed by atoms with Gasteiger partial charge in [0.2, 0.25) is 10.0 Å². The summed E-state index contributed by atoms with van der Waals surface area (Å²) in [6, 6.07) is 7.14. The SMILES string of the molecule is Cc1ccc(S(=O)(=O)N2CCNCC3(CC3)C2)cc1.O=C(O)C(=O)O. The Morgan fingerprint density at radius 3 is 2.16 bits per heavy atom. The summed E-state index contributed by atoms with van der Waals surface area (Å²) in [6.07, 6.45) is 2.28. The molecule has 3 N–H and O–H groups in total. The molecule has 2 fully saturated rings. The lowest BCUT2D eigenvalue weighted by Gasteiger charge is -2.23. The highest BCUT2D eigenvalue weighted by atomic mass is 32.2. The van der Waals surface area contributed by atoms with Gasteiger partial charge in [0, 0.05) is 26.2 Å². The van der Waals surface area contributed by atoms with Gasteiger partial charge in [-0.05, 0) is 37.3 Å². The zero-order chi connectivity index (χ0) is 18.7. The predicted octanol–water partition coefficient (Wildman–Crippen LogP) is 0.525. The van der Waals surface area contributed by atoms with Crippen molar-refractivity contribution in [3.8, 4) is 0 Å². The summed E-state index contributed by atoms with van der Waals surface area (Å²) in [5.41, 5.74) is 1.28. The molecule has 1 heterocycles. The van der Waals surface area contributed by atoms with Crippen molar-refractivity contribution in [2.45, 2.75) is 24.7 Å². The molecule has 9 heteroatoms. The van der Waals surface area contributed by atoms with Crippen LogP contribution in [-0.2, 0) is 19.6 Å². The molecule has 1 aromatic rings. The number of nitrogens with zero attached hydrogens (tertiary/aromatic N) is 1. The molecule has 3 rings (SSSR count). The fourth-order valence-corrected chi connectivity index (χ4v) is 4.20. The van der Waals surface area contributed by atoms with Crippen molar-refractivity contribution < 1.29 is 28.2 Å². The molecular weight excluding hydrogens is 348 g/mol. The normalized spacial score (nSPS) is 19.4. The Hall–Kier alpha value is -1.97. The number of benzene rings is 1. The molecule has 0 unspecified atom stereocenters. The average molecular weight is 370 g/mol. The molecule has 8 nitrogen and oxygen atoms in total. The number of aryl methyl sites for hydroxylation is 1. The molecule has 1 saturated heterocycles. The highest BCUT2D eigenvalue weighted by Crippen LogP contribution is 2.46. The van der Waals surface area contributed by atoms with E-state index in [9.17, 15) is 8.42 Å². The molecule has 1 saturated carbocycles. The van der Waals surface area contributed by atoms with Gasteiger partial charge in [0.05, 0.1) is 4.90 Å². The first-order valence-electron chi connectivity index (χ1n) is 7.90. The summed E-state index contributed by atoms with van der Waals surface area (Å²) in [5.74, 6) is -3.65. The van der Waals surface area contributed by atoms with E-state index >= 15 is 0 Å². The van der Waals surface area contributed by atoms with E-state index in [4.69, 9.17) is 19.8 Å². The van der Waals surface area contributed by atoms with Gasteiger partial charge in [-0.25, -0.2) is 18.0 Å². The summed E-state index contributed by atoms with van der Waals surface area (Å²) in [5, 5.41) is 18.1. The molecule has 1 aliphatic carbocycles. The maximum atomic E-state index is 12.7. The van der Waals surface area contributed by atoms with Crippen LogP contribution in [0.5, 0.6) is 0 Å². The van der Waals surface area contributed by atoms with Gasteiger partial charge >= 0.3 is 11.9 Å². The van der Waals surface area contributed by atoms with E-state index in [1.165, 1.54) is 0 Å². The largest absolute Gasteiger partial charge is 0.473 e. The molecule has 1 aliphatic heterocycles. The van der Waals surface area contributed by atoms with Crippen molar-refractivity contribution in [1.29, 1.82) is 0 Å². The van der Waals surface area contributed by atoms with E-state index in [0.29, 0.717) is 18.0 Å². The van der Waals surface area contributed by atoms with Crippen LogP contribution in [0.4, 0.5) is 0 Å². The molecule has 0 bridgehead atoms. The van der Waals surface area contributed by atoms with Crippen molar-refractivity contribution in [1.82, 2.24) is 9.62 Å². The number of nitrogens with one attached hydrogen (secondary N) is 1. The Morgan fingerprint density at radius 2 is 1.68 bits per heavy atom. The fraction of sp³-hybridized carbons (Fsp3) is 0.500. The van der Waals surface area contributed by atoms with Crippen molar-refractivity contribution in [2.24, 2.45) is 5.41 Å². The molecule has 0 atom stereocenters. The Balaban J connectivity index is 0.000000326. The van der Waals surface area contributed by atoms with Gasteiger partial charge < -0.3 is 15.5 Å². The zero-order valence-corrected chi connectivity index (χ0v) is 14.8. The summed E-state index contributed by atoms with van der Waals surface area (Å²) in [4.78, 5) is 18.6. The summed E-state index contributed by atoms with van der Waals surface area (Å²) in [6.45, 7) is 4.89. The standard InChI is InChI=1S/C14H20N2O2S.C2H2O4/c1-12-2-4-13(5-3-12)19(17,18)16-9-8-15-10-14(11-16)6-7-14;3-1(4)2(5)6/h2-5,15H,6-11H2,1H3;(H,3,4)(H,5,6). The van der Waals surface area contributed by atoms with Crippen LogP contribution in [0, 0.1) is 12.3 Å². The van der Waals surface area contributed by atoms with Crippen molar-refractivity contribution in [3.05, 3.63) is 29.8 Å². The zero-order valence-electron chi connectivity index (χ0n) is 13.9. The van der Waals surface area contributed by atoms with Gasteiger partial charge in [-0.15, -0.1) is 0 Å². The Labute approximate surface area is 146 Å². The van der Waals surface area contributed by atoms with Crippen molar-refractivity contribution in [3.63, 3.8) is 0 Å². The second kappa shape index (κ2) is 7.51. The van der Waals surface area contributed by atoms with Crippen LogP contribution >= 0.6 is 0 Å². The molecule has 1 spiro atoms. The first-order chi connectivity index (χ1) is 11.7. The van der Waals surface area contributed by atoms with Gasteiger partial charge in [-0.3, -0.25) is 0 Å². The summed E-state index contributed by atoms with van der Waals surface area (Å²) < 4.78 is 27.0. The number of carboxylic acids is 2. The van der Waals surface area contributed by atoms with Crippen molar-refractivity contribution >= 4 is 22.0 Å². The van der Waals surface area contributed by atoms with E-state index < -0.39 is 22.0 Å². The van der Waals surface area contributed by atoms with E-state index in [1.54, 1.807) is 16.4 Å². The van der Waals surface area contributed by atoms with Gasteiger partial charge in [0.15, 0.2) is 0 Å². The van der Waals surface area contributed by atoms with Gasteiger partial charge in [0.25, 0.3) is 0 Å². The van der Waals surface area contributed by atoms with Crippen LogP contribution in [0.3, 0.4) is 0 Å². The smallest absolute Gasteiger partial charge is 0.414 e. The quantitative estimate of drug-likeness (QED) is 0.649. The van der Waals surface area contributed by atoms with Crippen LogP contribution in [0.1, 0.15) is 18.4 Å². The average Bonchev–Trinajstić information content (AvgIpc) is 3.35. The van der Waals surface area contributed by atoms with Crippen LogP contribution in [0.2, 0.25) is 0 Å². The minimum absolute atomic E-state index is 0.203. The Kier molecular flexibility index (Phi) is 5.81. The molecule has 0 amide bonds. The second-order valence-electron chi connectivity index (χ2n) is 6.44. The number of sulfonamides is 1. The summed E-state index contributed by atoms with van der Waals surface area (Å²) >= 11 is 0. The minimum atomic E-state index is -3.34. The molecule has 1 aromatic carbocycles. The number of hydrogen-bond donors (Lipinski definition) is 3. The third-order valence-corrected chi connectivity index (χ3v) is 6.21. The number of hydrogen-bond acceptors (Lipinski definition) is 5. The van der Waals surface area contributed by atoms with Crippen LogP contribution in [0.15, 0.2) is 29.2 Å². The lowest BCUT2D eigenvalue weighted by atomic mass is 10.1. The maximum absolute atomic E-state index is 12.7. The monoisotopic (exact) mass is 370 g/mol. The van der Waals surface area contributed by atoms with Crippen LogP contribution < -0.4 is 5.32 Å². The van der Waals surface area contributed by atoms with Crippen LogP contribution in [-0.4, -0.2) is 61.1 Å². The third kappa shape index (κ3) is 5.00. The maximum Gasteiger partial charge on any atom is 0.414 e. The highest BCUT2D eigenvalue weighted by Gasteiger charge is 2.46. The summed E-state index contributed by atoms with van der Waals surface area (Å²) in [7, 11) is -3.34. The molecule has 138 valence electrons. The Bertz CT molecular complexity index is 728. The molecule has 0 radical (unpaired) electrons. The molecule has 2 aliphatic rings. The first kappa shape index (κ1) is 19.4. The first-order valence-corrected chi connectivity index (χ1v) is 9.34.